The lowest BCUT2D eigenvalue weighted by atomic mass is 10.0. The summed E-state index contributed by atoms with van der Waals surface area (Å²) in [5.41, 5.74) is 7.63. The number of ketones is 1. The van der Waals surface area contributed by atoms with Crippen LogP contribution < -0.4 is 5.73 Å². The summed E-state index contributed by atoms with van der Waals surface area (Å²) in [6.45, 7) is 11.0. The van der Waals surface area contributed by atoms with Crippen LogP contribution >= 0.6 is 46.1 Å². The van der Waals surface area contributed by atoms with Crippen molar-refractivity contribution in [3.05, 3.63) is 60.9 Å². The molecular formula is C25H30Cl3N3O2S. The third-order valence-corrected chi connectivity index (χ3v) is 6.62. The van der Waals surface area contributed by atoms with Crippen molar-refractivity contribution in [3.8, 4) is 0 Å². The molecule has 9 heteroatoms. The molecule has 0 radical (unpaired) electrons. The molecule has 0 unspecified atom stereocenters. The second-order valence-electron chi connectivity index (χ2n) is 8.88. The fourth-order valence-corrected chi connectivity index (χ4v) is 4.84. The summed E-state index contributed by atoms with van der Waals surface area (Å²) >= 11 is 19.8. The number of amides is 1. The molecule has 2 N–H and O–H groups in total. The van der Waals surface area contributed by atoms with Crippen molar-refractivity contribution in [2.45, 2.75) is 41.0 Å². The number of carbonyl (C=O) groups is 2. The van der Waals surface area contributed by atoms with Crippen molar-refractivity contribution in [2.24, 2.45) is 22.6 Å². The summed E-state index contributed by atoms with van der Waals surface area (Å²) in [4.78, 5) is 33.1. The Bertz CT molecular complexity index is 1100. The lowest BCUT2D eigenvalue weighted by molar-refractivity contribution is -0.135. The molecule has 0 bridgehead atoms. The van der Waals surface area contributed by atoms with Gasteiger partial charge in [0.25, 0.3) is 0 Å². The van der Waals surface area contributed by atoms with Crippen LogP contribution in [0.2, 0.25) is 14.4 Å². The van der Waals surface area contributed by atoms with E-state index in [1.165, 1.54) is 11.3 Å². The van der Waals surface area contributed by atoms with Crippen LogP contribution in [0.1, 0.15) is 45.9 Å². The van der Waals surface area contributed by atoms with Crippen LogP contribution in [-0.2, 0) is 9.59 Å². The average Bonchev–Trinajstić information content (AvgIpc) is 3.16. The number of nitrogens with zero attached hydrogens (tertiary/aromatic N) is 2. The maximum absolute atomic E-state index is 13.0. The van der Waals surface area contributed by atoms with Crippen LogP contribution in [0, 0.1) is 11.8 Å². The molecule has 0 aliphatic carbocycles. The van der Waals surface area contributed by atoms with Gasteiger partial charge in [-0.25, -0.2) is 4.99 Å². The molecule has 0 atom stereocenters. The van der Waals surface area contributed by atoms with Gasteiger partial charge in [0, 0.05) is 23.7 Å². The van der Waals surface area contributed by atoms with E-state index in [0.717, 1.165) is 4.88 Å². The Labute approximate surface area is 220 Å². The topological polar surface area (TPSA) is 75.8 Å². The van der Waals surface area contributed by atoms with Crippen molar-refractivity contribution in [1.29, 1.82) is 0 Å². The minimum Gasteiger partial charge on any atom is -0.396 e. The van der Waals surface area contributed by atoms with E-state index in [2.05, 4.69) is 4.99 Å². The predicted octanol–water partition coefficient (Wildman–Crippen LogP) is 7.16. The minimum atomic E-state index is -0.447. The quantitative estimate of drug-likeness (QED) is 0.196. The third kappa shape index (κ3) is 8.12. The Morgan fingerprint density at radius 2 is 1.65 bits per heavy atom. The lowest BCUT2D eigenvalue weighted by Crippen LogP contribution is -2.38. The highest BCUT2D eigenvalue weighted by molar-refractivity contribution is 7.18. The maximum Gasteiger partial charge on any atom is 0.230 e. The number of benzene rings is 1. The SMILES string of the molecule is CC(C(=Nc1ccc(Cl)cc1Cl)c1ccc(Cl)s1)=C(N)C(=O)CC(=O)N(CC(C)C)CC(C)C. The molecule has 1 aromatic carbocycles. The van der Waals surface area contributed by atoms with Crippen molar-refractivity contribution in [3.63, 3.8) is 0 Å². The largest absolute Gasteiger partial charge is 0.396 e. The number of rotatable bonds is 10. The van der Waals surface area contributed by atoms with Gasteiger partial charge in [0.15, 0.2) is 5.78 Å². The number of thiophene rings is 1. The van der Waals surface area contributed by atoms with Crippen molar-refractivity contribution >= 4 is 69.2 Å². The van der Waals surface area contributed by atoms with Gasteiger partial charge in [-0.15, -0.1) is 11.3 Å². The number of nitrogens with two attached hydrogens (primary N) is 1. The smallest absolute Gasteiger partial charge is 0.230 e. The van der Waals surface area contributed by atoms with E-state index in [9.17, 15) is 9.59 Å². The Kier molecular flexibility index (Phi) is 10.6. The first-order chi connectivity index (χ1) is 15.9. The van der Waals surface area contributed by atoms with E-state index in [4.69, 9.17) is 40.5 Å². The van der Waals surface area contributed by atoms with Gasteiger partial charge in [0.05, 0.1) is 37.8 Å². The van der Waals surface area contributed by atoms with Gasteiger partial charge >= 0.3 is 0 Å². The van der Waals surface area contributed by atoms with E-state index in [1.54, 1.807) is 42.2 Å². The number of hydrogen-bond acceptors (Lipinski definition) is 5. The number of Topliss-reactive ketones (excluding diaryl/α,β-unsaturated/α-hetero) is 1. The molecule has 0 aliphatic heterocycles. The van der Waals surface area contributed by atoms with E-state index < -0.39 is 5.78 Å². The van der Waals surface area contributed by atoms with E-state index in [1.807, 2.05) is 27.7 Å². The van der Waals surface area contributed by atoms with E-state index >= 15 is 0 Å². The summed E-state index contributed by atoms with van der Waals surface area (Å²) in [6.07, 6.45) is -0.303. The number of hydrogen-bond donors (Lipinski definition) is 1. The minimum absolute atomic E-state index is 0.0178. The molecule has 34 heavy (non-hydrogen) atoms. The molecule has 0 saturated heterocycles. The average molecular weight is 543 g/mol. The molecule has 184 valence electrons. The van der Waals surface area contributed by atoms with Crippen molar-refractivity contribution in [1.82, 2.24) is 4.90 Å². The van der Waals surface area contributed by atoms with Crippen molar-refractivity contribution < 1.29 is 9.59 Å². The monoisotopic (exact) mass is 541 g/mol. The van der Waals surface area contributed by atoms with Gasteiger partial charge in [-0.3, -0.25) is 9.59 Å². The Morgan fingerprint density at radius 3 is 2.15 bits per heavy atom. The highest BCUT2D eigenvalue weighted by atomic mass is 35.5. The highest BCUT2D eigenvalue weighted by Gasteiger charge is 2.23. The number of allylic oxidation sites excluding steroid dienone is 2. The molecule has 0 aliphatic rings. The van der Waals surface area contributed by atoms with Gasteiger partial charge < -0.3 is 10.6 Å². The first kappa shape index (κ1) is 28.4. The van der Waals surface area contributed by atoms with Gasteiger partial charge in [0.2, 0.25) is 5.91 Å². The summed E-state index contributed by atoms with van der Waals surface area (Å²) < 4.78 is 0.566. The molecule has 0 spiro atoms. The lowest BCUT2D eigenvalue weighted by Gasteiger charge is -2.26. The maximum atomic E-state index is 13.0. The van der Waals surface area contributed by atoms with Gasteiger partial charge in [-0.05, 0) is 49.1 Å². The molecule has 0 fully saturated rings. The van der Waals surface area contributed by atoms with E-state index in [0.29, 0.717) is 56.3 Å². The summed E-state index contributed by atoms with van der Waals surface area (Å²) in [7, 11) is 0. The molecule has 0 saturated carbocycles. The second-order valence-corrected chi connectivity index (χ2v) is 11.4. The second kappa shape index (κ2) is 12.7. The van der Waals surface area contributed by atoms with Crippen molar-refractivity contribution in [2.75, 3.05) is 13.1 Å². The summed E-state index contributed by atoms with van der Waals surface area (Å²) in [5, 5.41) is 0.844. The molecular weight excluding hydrogens is 513 g/mol. The number of aliphatic imine (C=N–C) groups is 1. The van der Waals surface area contributed by atoms with E-state index in [-0.39, 0.29) is 18.0 Å². The Hall–Kier alpha value is -1.86. The number of carbonyl (C=O) groups excluding carboxylic acids is 2. The predicted molar refractivity (Wildman–Crippen MR) is 145 cm³/mol. The number of halogens is 3. The zero-order valence-corrected chi connectivity index (χ0v) is 23.1. The molecule has 2 rings (SSSR count). The third-order valence-electron chi connectivity index (χ3n) is 4.84. The fraction of sp³-hybridized carbons (Fsp3) is 0.400. The van der Waals surface area contributed by atoms with Crippen LogP contribution in [0.3, 0.4) is 0 Å². The van der Waals surface area contributed by atoms with Crippen LogP contribution in [-0.4, -0.2) is 35.4 Å². The molecule has 1 amide bonds. The summed E-state index contributed by atoms with van der Waals surface area (Å²) in [6, 6.07) is 8.49. The first-order valence-electron chi connectivity index (χ1n) is 11.0. The van der Waals surface area contributed by atoms with Crippen LogP contribution in [0.4, 0.5) is 5.69 Å². The molecule has 5 nitrogen and oxygen atoms in total. The molecule has 1 heterocycles. The van der Waals surface area contributed by atoms with Gasteiger partial charge in [-0.1, -0.05) is 62.5 Å². The molecule has 2 aromatic rings. The van der Waals surface area contributed by atoms with Gasteiger partial charge in [0.1, 0.15) is 0 Å². The Balaban J connectivity index is 2.41. The first-order valence-corrected chi connectivity index (χ1v) is 12.9. The van der Waals surface area contributed by atoms with Crippen LogP contribution in [0.25, 0.3) is 0 Å². The fourth-order valence-electron chi connectivity index (χ4n) is 3.30. The van der Waals surface area contributed by atoms with Crippen LogP contribution in [0.5, 0.6) is 0 Å². The highest BCUT2D eigenvalue weighted by Crippen LogP contribution is 2.32. The molecule has 1 aromatic heterocycles. The standard InChI is InChI=1S/C25H30Cl3N3O2S/c1-14(2)12-31(13-15(3)4)23(33)11-20(32)24(29)16(5)25(21-8-9-22(28)34-21)30-19-7-6-17(26)10-18(19)27/h6-10,14-15H,11-13,29H2,1-5H3. The zero-order chi connectivity index (χ0) is 25.6. The van der Waals surface area contributed by atoms with Crippen LogP contribution in [0.15, 0.2) is 46.6 Å². The van der Waals surface area contributed by atoms with Gasteiger partial charge in [-0.2, -0.15) is 0 Å². The normalized spacial score (nSPS) is 12.8. The summed E-state index contributed by atoms with van der Waals surface area (Å²) in [5.74, 6) is -0.100. The zero-order valence-electron chi connectivity index (χ0n) is 20.0. The Morgan fingerprint density at radius 1 is 1.03 bits per heavy atom.